The van der Waals surface area contributed by atoms with Crippen LogP contribution in [0.2, 0.25) is 0 Å². The summed E-state index contributed by atoms with van der Waals surface area (Å²) < 4.78 is 0.992. The standard InChI is InChI=1S/C13H17BrClNO/c1-3-7-16(8-6-15)13(17)12-5-4-11(14)9-10(12)2/h4-5,9H,3,6-8H2,1-2H3. The monoisotopic (exact) mass is 317 g/mol. The van der Waals surface area contributed by atoms with Gasteiger partial charge < -0.3 is 4.90 Å². The molecule has 0 heterocycles. The van der Waals surface area contributed by atoms with E-state index in [-0.39, 0.29) is 5.91 Å². The minimum atomic E-state index is 0.0671. The van der Waals surface area contributed by atoms with E-state index in [0.29, 0.717) is 12.4 Å². The van der Waals surface area contributed by atoms with Crippen LogP contribution >= 0.6 is 27.5 Å². The first kappa shape index (κ1) is 14.5. The summed E-state index contributed by atoms with van der Waals surface area (Å²) in [6.07, 6.45) is 0.943. The molecular weight excluding hydrogens is 302 g/mol. The molecule has 0 unspecified atom stereocenters. The molecule has 0 bridgehead atoms. The van der Waals surface area contributed by atoms with E-state index < -0.39 is 0 Å². The Bertz CT molecular complexity index is 389. The second kappa shape index (κ2) is 7.02. The number of carbonyl (C=O) groups excluding carboxylic acids is 1. The maximum atomic E-state index is 12.3. The van der Waals surface area contributed by atoms with Crippen molar-refractivity contribution in [3.05, 3.63) is 33.8 Å². The van der Waals surface area contributed by atoms with Gasteiger partial charge in [0.1, 0.15) is 0 Å². The third-order valence-corrected chi connectivity index (χ3v) is 3.22. The fourth-order valence-corrected chi connectivity index (χ4v) is 2.40. The second-order valence-electron chi connectivity index (χ2n) is 3.94. The van der Waals surface area contributed by atoms with Crippen LogP contribution in [-0.4, -0.2) is 29.8 Å². The van der Waals surface area contributed by atoms with Crippen molar-refractivity contribution >= 4 is 33.4 Å². The topological polar surface area (TPSA) is 20.3 Å². The van der Waals surface area contributed by atoms with Crippen molar-refractivity contribution in [3.63, 3.8) is 0 Å². The quantitative estimate of drug-likeness (QED) is 0.755. The second-order valence-corrected chi connectivity index (χ2v) is 5.23. The number of nitrogens with zero attached hydrogens (tertiary/aromatic N) is 1. The van der Waals surface area contributed by atoms with Crippen LogP contribution in [-0.2, 0) is 0 Å². The highest BCUT2D eigenvalue weighted by Crippen LogP contribution is 2.17. The fraction of sp³-hybridized carbons (Fsp3) is 0.462. The molecular formula is C13H17BrClNO. The molecule has 17 heavy (non-hydrogen) atoms. The zero-order valence-corrected chi connectivity index (χ0v) is 12.5. The zero-order chi connectivity index (χ0) is 12.8. The third-order valence-electron chi connectivity index (χ3n) is 2.55. The molecule has 0 atom stereocenters. The van der Waals surface area contributed by atoms with Gasteiger partial charge >= 0.3 is 0 Å². The lowest BCUT2D eigenvalue weighted by molar-refractivity contribution is 0.0765. The first-order chi connectivity index (χ1) is 8.10. The summed E-state index contributed by atoms with van der Waals surface area (Å²) in [5.74, 6) is 0.541. The lowest BCUT2D eigenvalue weighted by atomic mass is 10.1. The van der Waals surface area contributed by atoms with E-state index >= 15 is 0 Å². The van der Waals surface area contributed by atoms with Crippen LogP contribution in [0, 0.1) is 6.92 Å². The Kier molecular flexibility index (Phi) is 6.00. The summed E-state index contributed by atoms with van der Waals surface area (Å²) in [4.78, 5) is 14.1. The van der Waals surface area contributed by atoms with Crippen LogP contribution in [0.1, 0.15) is 29.3 Å². The van der Waals surface area contributed by atoms with Crippen molar-refractivity contribution in [2.24, 2.45) is 0 Å². The minimum Gasteiger partial charge on any atom is -0.337 e. The summed E-state index contributed by atoms with van der Waals surface area (Å²) in [6, 6.07) is 5.71. The van der Waals surface area contributed by atoms with Gasteiger partial charge in [0.25, 0.3) is 5.91 Å². The highest BCUT2D eigenvalue weighted by molar-refractivity contribution is 9.10. The largest absolute Gasteiger partial charge is 0.337 e. The number of halogens is 2. The van der Waals surface area contributed by atoms with Gasteiger partial charge in [-0.25, -0.2) is 0 Å². The molecule has 0 spiro atoms. The molecule has 0 saturated carbocycles. The molecule has 0 aromatic heterocycles. The smallest absolute Gasteiger partial charge is 0.254 e. The summed E-state index contributed by atoms with van der Waals surface area (Å²) in [6.45, 7) is 5.36. The van der Waals surface area contributed by atoms with Crippen molar-refractivity contribution in [3.8, 4) is 0 Å². The third kappa shape index (κ3) is 4.00. The number of hydrogen-bond donors (Lipinski definition) is 0. The molecule has 2 nitrogen and oxygen atoms in total. The number of alkyl halides is 1. The Hall–Kier alpha value is -0.540. The van der Waals surface area contributed by atoms with Gasteiger partial charge in [0, 0.05) is 29.0 Å². The van der Waals surface area contributed by atoms with Crippen LogP contribution in [0.4, 0.5) is 0 Å². The Morgan fingerprint density at radius 1 is 1.41 bits per heavy atom. The molecule has 1 amide bonds. The van der Waals surface area contributed by atoms with Crippen molar-refractivity contribution in [1.29, 1.82) is 0 Å². The molecule has 4 heteroatoms. The first-order valence-corrected chi connectivity index (χ1v) is 7.04. The summed E-state index contributed by atoms with van der Waals surface area (Å²) in [5, 5.41) is 0. The summed E-state index contributed by atoms with van der Waals surface area (Å²) in [7, 11) is 0. The van der Waals surface area contributed by atoms with Gasteiger partial charge in [-0.05, 0) is 37.1 Å². The van der Waals surface area contributed by atoms with E-state index in [9.17, 15) is 4.79 Å². The van der Waals surface area contributed by atoms with E-state index in [1.807, 2.05) is 30.0 Å². The highest BCUT2D eigenvalue weighted by Gasteiger charge is 2.16. The van der Waals surface area contributed by atoms with Gasteiger partial charge in [-0.1, -0.05) is 22.9 Å². The van der Waals surface area contributed by atoms with E-state index in [1.165, 1.54) is 0 Å². The predicted octanol–water partition coefficient (Wildman–Crippen LogP) is 3.85. The van der Waals surface area contributed by atoms with Crippen LogP contribution in [0.5, 0.6) is 0 Å². The van der Waals surface area contributed by atoms with Gasteiger partial charge in [0.2, 0.25) is 0 Å². The van der Waals surface area contributed by atoms with Gasteiger partial charge in [0.05, 0.1) is 0 Å². The van der Waals surface area contributed by atoms with E-state index in [4.69, 9.17) is 11.6 Å². The van der Waals surface area contributed by atoms with Gasteiger partial charge in [0.15, 0.2) is 0 Å². The molecule has 1 aromatic rings. The van der Waals surface area contributed by atoms with E-state index in [2.05, 4.69) is 22.9 Å². The average molecular weight is 319 g/mol. The molecule has 0 N–H and O–H groups in total. The van der Waals surface area contributed by atoms with Crippen molar-refractivity contribution in [1.82, 2.24) is 4.90 Å². The number of amides is 1. The van der Waals surface area contributed by atoms with Crippen LogP contribution in [0.25, 0.3) is 0 Å². The molecule has 0 fully saturated rings. The Labute approximate surface area is 116 Å². The van der Waals surface area contributed by atoms with Crippen molar-refractivity contribution in [2.75, 3.05) is 19.0 Å². The van der Waals surface area contributed by atoms with Crippen LogP contribution in [0.15, 0.2) is 22.7 Å². The van der Waals surface area contributed by atoms with Gasteiger partial charge in [-0.2, -0.15) is 0 Å². The Balaban J connectivity index is 2.92. The van der Waals surface area contributed by atoms with Gasteiger partial charge in [-0.3, -0.25) is 4.79 Å². The average Bonchev–Trinajstić information content (AvgIpc) is 2.28. The molecule has 1 rings (SSSR count). The zero-order valence-electron chi connectivity index (χ0n) is 10.2. The van der Waals surface area contributed by atoms with Crippen molar-refractivity contribution in [2.45, 2.75) is 20.3 Å². The number of carbonyl (C=O) groups is 1. The van der Waals surface area contributed by atoms with E-state index in [0.717, 1.165) is 28.6 Å². The molecule has 1 aromatic carbocycles. The number of hydrogen-bond acceptors (Lipinski definition) is 1. The van der Waals surface area contributed by atoms with Crippen molar-refractivity contribution < 1.29 is 4.79 Å². The molecule has 0 aliphatic rings. The molecule has 0 saturated heterocycles. The minimum absolute atomic E-state index is 0.0671. The molecule has 0 radical (unpaired) electrons. The lowest BCUT2D eigenvalue weighted by Gasteiger charge is -2.22. The number of benzene rings is 1. The predicted molar refractivity (Wildman–Crippen MR) is 75.8 cm³/mol. The molecule has 0 aliphatic carbocycles. The Morgan fingerprint density at radius 3 is 2.65 bits per heavy atom. The molecule has 94 valence electrons. The lowest BCUT2D eigenvalue weighted by Crippen LogP contribution is -2.33. The highest BCUT2D eigenvalue weighted by atomic mass is 79.9. The SMILES string of the molecule is CCCN(CCCl)C(=O)c1ccc(Br)cc1C. The summed E-state index contributed by atoms with van der Waals surface area (Å²) in [5.41, 5.74) is 1.74. The molecule has 0 aliphatic heterocycles. The van der Waals surface area contributed by atoms with Gasteiger partial charge in [-0.15, -0.1) is 11.6 Å². The fourth-order valence-electron chi connectivity index (χ4n) is 1.72. The summed E-state index contributed by atoms with van der Waals surface area (Å²) >= 11 is 9.13. The van der Waals surface area contributed by atoms with Crippen LogP contribution < -0.4 is 0 Å². The maximum absolute atomic E-state index is 12.3. The number of rotatable bonds is 5. The van der Waals surface area contributed by atoms with E-state index in [1.54, 1.807) is 0 Å². The Morgan fingerprint density at radius 2 is 2.12 bits per heavy atom. The first-order valence-electron chi connectivity index (χ1n) is 5.71. The maximum Gasteiger partial charge on any atom is 0.254 e. The number of aryl methyl sites for hydroxylation is 1. The van der Waals surface area contributed by atoms with Crippen LogP contribution in [0.3, 0.4) is 0 Å². The normalized spacial score (nSPS) is 10.4.